The van der Waals surface area contributed by atoms with Gasteiger partial charge in [0.15, 0.2) is 0 Å². The van der Waals surface area contributed by atoms with Gasteiger partial charge in [-0.05, 0) is 23.8 Å². The van der Waals surface area contributed by atoms with Crippen molar-refractivity contribution in [3.8, 4) is 5.75 Å². The van der Waals surface area contributed by atoms with Crippen LogP contribution in [-0.2, 0) is 11.3 Å². The summed E-state index contributed by atoms with van der Waals surface area (Å²) in [5.74, 6) is 0.304. The van der Waals surface area contributed by atoms with Crippen LogP contribution in [-0.4, -0.2) is 55.6 Å². The van der Waals surface area contributed by atoms with Gasteiger partial charge in [-0.2, -0.15) is 4.39 Å². The molecule has 0 bridgehead atoms. The van der Waals surface area contributed by atoms with E-state index in [0.717, 1.165) is 43.2 Å². The lowest BCUT2D eigenvalue weighted by atomic mass is 10.2. The summed E-state index contributed by atoms with van der Waals surface area (Å²) in [5, 5.41) is 2.94. The van der Waals surface area contributed by atoms with E-state index in [4.69, 9.17) is 4.74 Å². The molecule has 7 heteroatoms. The Balaban J connectivity index is 1.43. The fraction of sp³-hybridized carbons (Fsp3) is 0.368. The Hall–Kier alpha value is -2.67. The van der Waals surface area contributed by atoms with E-state index in [0.29, 0.717) is 13.1 Å². The van der Waals surface area contributed by atoms with Gasteiger partial charge in [0.1, 0.15) is 5.75 Å². The molecule has 1 aliphatic rings. The molecule has 0 atom stereocenters. The van der Waals surface area contributed by atoms with E-state index in [1.54, 1.807) is 13.2 Å². The summed E-state index contributed by atoms with van der Waals surface area (Å²) < 4.78 is 18.4. The zero-order chi connectivity index (χ0) is 18.4. The van der Waals surface area contributed by atoms with E-state index in [1.807, 2.05) is 24.3 Å². The number of carbonyl (C=O) groups is 1. The lowest BCUT2D eigenvalue weighted by molar-refractivity contribution is -0.122. The van der Waals surface area contributed by atoms with Crippen LogP contribution < -0.4 is 15.0 Å². The Bertz CT molecular complexity index is 748. The molecule has 2 heterocycles. The van der Waals surface area contributed by atoms with E-state index < -0.39 is 5.95 Å². The number of rotatable bonds is 6. The van der Waals surface area contributed by atoms with Crippen molar-refractivity contribution in [1.82, 2.24) is 15.2 Å². The van der Waals surface area contributed by atoms with Crippen LogP contribution in [0.5, 0.6) is 5.75 Å². The summed E-state index contributed by atoms with van der Waals surface area (Å²) in [6, 6.07) is 10.9. The van der Waals surface area contributed by atoms with E-state index >= 15 is 0 Å². The zero-order valence-electron chi connectivity index (χ0n) is 14.8. The van der Waals surface area contributed by atoms with Gasteiger partial charge in [0.05, 0.1) is 13.7 Å². The van der Waals surface area contributed by atoms with Crippen LogP contribution in [0.15, 0.2) is 42.6 Å². The molecule has 1 aromatic heterocycles. The van der Waals surface area contributed by atoms with Crippen molar-refractivity contribution in [1.29, 1.82) is 0 Å². The molecule has 26 heavy (non-hydrogen) atoms. The summed E-state index contributed by atoms with van der Waals surface area (Å²) in [6.07, 6.45) is 1.48. The summed E-state index contributed by atoms with van der Waals surface area (Å²) in [6.45, 7) is 3.88. The second kappa shape index (κ2) is 8.62. The first-order valence-electron chi connectivity index (χ1n) is 8.62. The number of piperazine rings is 1. The molecule has 1 aromatic carbocycles. The number of anilines is 1. The molecule has 1 saturated heterocycles. The predicted octanol–water partition coefficient (Wildman–Crippen LogP) is 1.67. The first-order valence-corrected chi connectivity index (χ1v) is 8.62. The van der Waals surface area contributed by atoms with Crippen LogP contribution in [0.2, 0.25) is 0 Å². The van der Waals surface area contributed by atoms with E-state index in [9.17, 15) is 9.18 Å². The number of methoxy groups -OCH3 is 1. The van der Waals surface area contributed by atoms with E-state index in [-0.39, 0.29) is 5.91 Å². The molecule has 1 fully saturated rings. The maximum atomic E-state index is 13.2. The topological polar surface area (TPSA) is 57.7 Å². The molecule has 1 N–H and O–H groups in total. The van der Waals surface area contributed by atoms with Gasteiger partial charge in [-0.15, -0.1) is 0 Å². The molecule has 0 unspecified atom stereocenters. The standard InChI is InChI=1S/C19H23FN4O2/c1-26-17-4-2-3-15(11-17)13-22-19(25)14-23-7-9-24(10-8-23)16-5-6-21-18(20)12-16/h2-6,11-12H,7-10,13-14H2,1H3,(H,22,25). The molecule has 0 radical (unpaired) electrons. The zero-order valence-corrected chi connectivity index (χ0v) is 14.8. The quantitative estimate of drug-likeness (QED) is 0.796. The number of amides is 1. The number of aromatic nitrogens is 1. The van der Waals surface area contributed by atoms with Crippen molar-refractivity contribution in [2.45, 2.75) is 6.54 Å². The minimum atomic E-state index is -0.471. The van der Waals surface area contributed by atoms with E-state index in [2.05, 4.69) is 20.1 Å². The maximum Gasteiger partial charge on any atom is 0.234 e. The van der Waals surface area contributed by atoms with Gasteiger partial charge >= 0.3 is 0 Å². The Kier molecular flexibility index (Phi) is 6.01. The smallest absolute Gasteiger partial charge is 0.234 e. The summed E-state index contributed by atoms with van der Waals surface area (Å²) in [5.41, 5.74) is 1.84. The summed E-state index contributed by atoms with van der Waals surface area (Å²) >= 11 is 0. The van der Waals surface area contributed by atoms with Gasteiger partial charge in [0, 0.05) is 50.7 Å². The van der Waals surface area contributed by atoms with E-state index in [1.165, 1.54) is 12.3 Å². The maximum absolute atomic E-state index is 13.2. The van der Waals surface area contributed by atoms with Gasteiger partial charge in [-0.1, -0.05) is 12.1 Å². The number of carbonyl (C=O) groups excluding carboxylic acids is 1. The van der Waals surface area contributed by atoms with Crippen molar-refractivity contribution >= 4 is 11.6 Å². The predicted molar refractivity (Wildman–Crippen MR) is 97.7 cm³/mol. The molecular formula is C19H23FN4O2. The Morgan fingerprint density at radius 1 is 1.23 bits per heavy atom. The highest BCUT2D eigenvalue weighted by Crippen LogP contribution is 2.16. The minimum Gasteiger partial charge on any atom is -0.497 e. The average Bonchev–Trinajstić information content (AvgIpc) is 2.67. The monoisotopic (exact) mass is 358 g/mol. The Morgan fingerprint density at radius 2 is 2.04 bits per heavy atom. The Labute approximate surface area is 152 Å². The fourth-order valence-corrected chi connectivity index (χ4v) is 3.00. The van der Waals surface area contributed by atoms with Crippen LogP contribution in [0.3, 0.4) is 0 Å². The van der Waals surface area contributed by atoms with Crippen molar-refractivity contribution in [2.24, 2.45) is 0 Å². The van der Waals surface area contributed by atoms with Crippen molar-refractivity contribution < 1.29 is 13.9 Å². The van der Waals surface area contributed by atoms with Crippen LogP contribution in [0.25, 0.3) is 0 Å². The largest absolute Gasteiger partial charge is 0.497 e. The number of nitrogens with zero attached hydrogens (tertiary/aromatic N) is 3. The number of nitrogens with one attached hydrogen (secondary N) is 1. The third-order valence-electron chi connectivity index (χ3n) is 4.44. The highest BCUT2D eigenvalue weighted by molar-refractivity contribution is 5.78. The van der Waals surface area contributed by atoms with Crippen LogP contribution >= 0.6 is 0 Å². The number of hydrogen-bond donors (Lipinski definition) is 1. The molecule has 0 saturated carbocycles. The van der Waals surface area contributed by atoms with Crippen molar-refractivity contribution in [3.05, 3.63) is 54.1 Å². The lowest BCUT2D eigenvalue weighted by Gasteiger charge is -2.35. The molecule has 3 rings (SSSR count). The SMILES string of the molecule is COc1cccc(CNC(=O)CN2CCN(c3ccnc(F)c3)CC2)c1. The van der Waals surface area contributed by atoms with Crippen molar-refractivity contribution in [2.75, 3.05) is 44.7 Å². The number of ether oxygens (including phenoxy) is 1. The van der Waals surface area contributed by atoms with Gasteiger partial charge in [-0.25, -0.2) is 4.98 Å². The number of pyridine rings is 1. The first kappa shape index (κ1) is 18.1. The average molecular weight is 358 g/mol. The number of halogens is 1. The van der Waals surface area contributed by atoms with Crippen LogP contribution in [0.4, 0.5) is 10.1 Å². The molecule has 2 aromatic rings. The van der Waals surface area contributed by atoms with Gasteiger partial charge in [0.2, 0.25) is 11.9 Å². The molecule has 0 spiro atoms. The minimum absolute atomic E-state index is 0.00349. The van der Waals surface area contributed by atoms with Gasteiger partial charge in [-0.3, -0.25) is 9.69 Å². The molecular weight excluding hydrogens is 335 g/mol. The first-order chi connectivity index (χ1) is 12.6. The normalized spacial score (nSPS) is 14.9. The third-order valence-corrected chi connectivity index (χ3v) is 4.44. The third kappa shape index (κ3) is 4.92. The lowest BCUT2D eigenvalue weighted by Crippen LogP contribution is -2.49. The van der Waals surface area contributed by atoms with Gasteiger partial charge < -0.3 is 15.0 Å². The Morgan fingerprint density at radius 3 is 2.77 bits per heavy atom. The number of benzene rings is 1. The van der Waals surface area contributed by atoms with Crippen molar-refractivity contribution in [3.63, 3.8) is 0 Å². The second-order valence-corrected chi connectivity index (χ2v) is 6.23. The fourth-order valence-electron chi connectivity index (χ4n) is 3.00. The molecule has 1 aliphatic heterocycles. The molecule has 0 aliphatic carbocycles. The highest BCUT2D eigenvalue weighted by Gasteiger charge is 2.19. The molecule has 138 valence electrons. The summed E-state index contributed by atoms with van der Waals surface area (Å²) in [4.78, 5) is 20.0. The van der Waals surface area contributed by atoms with Crippen LogP contribution in [0, 0.1) is 5.95 Å². The summed E-state index contributed by atoms with van der Waals surface area (Å²) in [7, 11) is 1.62. The second-order valence-electron chi connectivity index (χ2n) is 6.23. The van der Waals surface area contributed by atoms with Crippen LogP contribution in [0.1, 0.15) is 5.56 Å². The molecule has 1 amide bonds. The number of hydrogen-bond acceptors (Lipinski definition) is 5. The van der Waals surface area contributed by atoms with Gasteiger partial charge in [0.25, 0.3) is 0 Å². The highest BCUT2D eigenvalue weighted by atomic mass is 19.1. The molecule has 6 nitrogen and oxygen atoms in total.